The predicted molar refractivity (Wildman–Crippen MR) is 107 cm³/mol. The van der Waals surface area contributed by atoms with Crippen molar-refractivity contribution in [1.82, 2.24) is 9.97 Å². The van der Waals surface area contributed by atoms with Gasteiger partial charge in [-0.1, -0.05) is 54.6 Å². The van der Waals surface area contributed by atoms with Crippen LogP contribution in [-0.2, 0) is 6.61 Å². The minimum atomic E-state index is 0.478. The van der Waals surface area contributed by atoms with Crippen LogP contribution >= 0.6 is 0 Å². The van der Waals surface area contributed by atoms with Crippen molar-refractivity contribution < 1.29 is 4.74 Å². The Morgan fingerprint density at radius 3 is 2.63 bits per heavy atom. The normalized spacial score (nSPS) is 11.3. The average Bonchev–Trinajstić information content (AvgIpc) is 3.15. The molecule has 3 aromatic carbocycles. The summed E-state index contributed by atoms with van der Waals surface area (Å²) in [6.07, 6.45) is 1.81. The van der Waals surface area contributed by atoms with E-state index in [1.54, 1.807) is 0 Å². The van der Waals surface area contributed by atoms with E-state index in [4.69, 9.17) is 4.74 Å². The van der Waals surface area contributed by atoms with E-state index < -0.39 is 0 Å². The maximum atomic E-state index is 9.58. The highest BCUT2D eigenvalue weighted by molar-refractivity contribution is 5.90. The maximum Gasteiger partial charge on any atom is 0.149 e. The van der Waals surface area contributed by atoms with Gasteiger partial charge in [0, 0.05) is 0 Å². The summed E-state index contributed by atoms with van der Waals surface area (Å²) in [6.45, 7) is 0.503. The molecular formula is C23H17N3O. The van der Waals surface area contributed by atoms with Crippen LogP contribution in [0.2, 0.25) is 0 Å². The van der Waals surface area contributed by atoms with Gasteiger partial charge in [-0.15, -0.1) is 0 Å². The lowest BCUT2D eigenvalue weighted by Crippen LogP contribution is -1.95. The molecule has 130 valence electrons. The summed E-state index contributed by atoms with van der Waals surface area (Å²) in [5.74, 6) is 1.32. The van der Waals surface area contributed by atoms with E-state index in [2.05, 4.69) is 16.0 Å². The smallest absolute Gasteiger partial charge is 0.149 e. The zero-order chi connectivity index (χ0) is 18.5. The molecule has 4 rings (SSSR count). The lowest BCUT2D eigenvalue weighted by atomic mass is 10.1. The Balaban J connectivity index is 1.57. The van der Waals surface area contributed by atoms with Gasteiger partial charge in [0.1, 0.15) is 24.3 Å². The van der Waals surface area contributed by atoms with Gasteiger partial charge in [0.2, 0.25) is 0 Å². The van der Waals surface area contributed by atoms with Crippen LogP contribution in [0.3, 0.4) is 0 Å². The van der Waals surface area contributed by atoms with Gasteiger partial charge in [0.05, 0.1) is 16.6 Å². The first-order chi connectivity index (χ1) is 13.3. The number of hydrogen-bond acceptors (Lipinski definition) is 3. The van der Waals surface area contributed by atoms with Crippen LogP contribution < -0.4 is 4.74 Å². The Morgan fingerprint density at radius 2 is 1.81 bits per heavy atom. The molecule has 0 aliphatic heterocycles. The number of para-hydroxylation sites is 2. The van der Waals surface area contributed by atoms with E-state index in [0.717, 1.165) is 27.9 Å². The Morgan fingerprint density at radius 1 is 1.00 bits per heavy atom. The molecule has 0 fully saturated rings. The Bertz CT molecular complexity index is 1100. The molecule has 0 aliphatic carbocycles. The van der Waals surface area contributed by atoms with Crippen molar-refractivity contribution in [1.29, 1.82) is 5.26 Å². The van der Waals surface area contributed by atoms with Crippen LogP contribution in [0, 0.1) is 11.3 Å². The molecule has 1 N–H and O–H groups in total. The summed E-state index contributed by atoms with van der Waals surface area (Å²) in [7, 11) is 0. The first-order valence-corrected chi connectivity index (χ1v) is 8.65. The summed E-state index contributed by atoms with van der Waals surface area (Å²) in [6, 6.07) is 27.7. The second kappa shape index (κ2) is 7.59. The number of nitrogens with zero attached hydrogens (tertiary/aromatic N) is 2. The number of H-pyrrole nitrogens is 1. The quantitative estimate of drug-likeness (QED) is 0.502. The molecule has 0 aliphatic rings. The van der Waals surface area contributed by atoms with Gasteiger partial charge in [0.15, 0.2) is 0 Å². The topological polar surface area (TPSA) is 61.7 Å². The van der Waals surface area contributed by atoms with E-state index in [-0.39, 0.29) is 0 Å². The highest BCUT2D eigenvalue weighted by Gasteiger charge is 2.08. The first kappa shape index (κ1) is 16.6. The van der Waals surface area contributed by atoms with Crippen LogP contribution in [0.4, 0.5) is 0 Å². The van der Waals surface area contributed by atoms with Gasteiger partial charge in [-0.3, -0.25) is 0 Å². The molecule has 0 saturated carbocycles. The molecule has 0 spiro atoms. The van der Waals surface area contributed by atoms with Crippen molar-refractivity contribution in [2.45, 2.75) is 6.61 Å². The molecular weight excluding hydrogens is 334 g/mol. The Hall–Kier alpha value is -3.84. The minimum Gasteiger partial charge on any atom is -0.489 e. The molecule has 1 heterocycles. The van der Waals surface area contributed by atoms with Crippen LogP contribution in [0.5, 0.6) is 5.75 Å². The molecule has 4 aromatic rings. The molecule has 27 heavy (non-hydrogen) atoms. The van der Waals surface area contributed by atoms with Gasteiger partial charge in [0.25, 0.3) is 0 Å². The second-order valence-corrected chi connectivity index (χ2v) is 6.12. The summed E-state index contributed by atoms with van der Waals surface area (Å²) in [5.41, 5.74) is 4.23. The zero-order valence-corrected chi connectivity index (χ0v) is 14.6. The van der Waals surface area contributed by atoms with Crippen molar-refractivity contribution in [2.24, 2.45) is 0 Å². The van der Waals surface area contributed by atoms with Crippen LogP contribution in [0.25, 0.3) is 22.7 Å². The van der Waals surface area contributed by atoms with Crippen molar-refractivity contribution in [3.05, 3.63) is 95.8 Å². The van der Waals surface area contributed by atoms with Gasteiger partial charge >= 0.3 is 0 Å². The number of aromatic amines is 1. The van der Waals surface area contributed by atoms with E-state index in [0.29, 0.717) is 18.0 Å². The third-order valence-corrected chi connectivity index (χ3v) is 4.18. The van der Waals surface area contributed by atoms with Crippen molar-refractivity contribution in [3.63, 3.8) is 0 Å². The highest BCUT2D eigenvalue weighted by atomic mass is 16.5. The van der Waals surface area contributed by atoms with Gasteiger partial charge in [-0.2, -0.15) is 5.26 Å². The van der Waals surface area contributed by atoms with Crippen LogP contribution in [-0.4, -0.2) is 9.97 Å². The summed E-state index contributed by atoms with van der Waals surface area (Å²) >= 11 is 0. The molecule has 0 bridgehead atoms. The van der Waals surface area contributed by atoms with Gasteiger partial charge in [-0.05, 0) is 41.5 Å². The lowest BCUT2D eigenvalue weighted by Gasteiger charge is -2.07. The zero-order valence-electron chi connectivity index (χ0n) is 14.6. The fraction of sp³-hybridized carbons (Fsp3) is 0.0435. The van der Waals surface area contributed by atoms with E-state index in [1.807, 2.05) is 84.9 Å². The Kier molecular flexibility index (Phi) is 4.67. The van der Waals surface area contributed by atoms with Crippen molar-refractivity contribution in [3.8, 4) is 11.8 Å². The first-order valence-electron chi connectivity index (χ1n) is 8.65. The predicted octanol–water partition coefficient (Wildman–Crippen LogP) is 5.21. The number of imidazole rings is 1. The number of benzene rings is 3. The average molecular weight is 351 g/mol. The fourth-order valence-electron chi connectivity index (χ4n) is 2.84. The molecule has 1 aromatic heterocycles. The summed E-state index contributed by atoms with van der Waals surface area (Å²) in [4.78, 5) is 7.70. The third kappa shape index (κ3) is 3.88. The van der Waals surface area contributed by atoms with Gasteiger partial charge in [-0.25, -0.2) is 4.98 Å². The lowest BCUT2D eigenvalue weighted by molar-refractivity contribution is 0.306. The fourth-order valence-corrected chi connectivity index (χ4v) is 2.84. The van der Waals surface area contributed by atoms with Crippen LogP contribution in [0.1, 0.15) is 17.0 Å². The Labute approximate surface area is 157 Å². The number of rotatable bonds is 5. The van der Waals surface area contributed by atoms with Crippen LogP contribution in [0.15, 0.2) is 78.9 Å². The third-order valence-electron chi connectivity index (χ3n) is 4.18. The number of ether oxygens (including phenoxy) is 1. The number of nitrogens with one attached hydrogen (secondary N) is 1. The second-order valence-electron chi connectivity index (χ2n) is 6.12. The minimum absolute atomic E-state index is 0.478. The molecule has 0 amide bonds. The van der Waals surface area contributed by atoms with E-state index in [9.17, 15) is 5.26 Å². The van der Waals surface area contributed by atoms with Crippen molar-refractivity contribution >= 4 is 22.7 Å². The number of hydrogen-bond donors (Lipinski definition) is 1. The summed E-state index contributed by atoms with van der Waals surface area (Å²) < 4.78 is 5.87. The summed E-state index contributed by atoms with van der Waals surface area (Å²) in [5, 5.41) is 9.58. The van der Waals surface area contributed by atoms with E-state index >= 15 is 0 Å². The maximum absolute atomic E-state index is 9.58. The molecule has 4 nitrogen and oxygen atoms in total. The number of aromatic nitrogens is 2. The molecule has 0 unspecified atom stereocenters. The molecule has 4 heteroatoms. The number of nitriles is 1. The molecule has 0 saturated heterocycles. The van der Waals surface area contributed by atoms with Crippen molar-refractivity contribution in [2.75, 3.05) is 0 Å². The van der Waals surface area contributed by atoms with Gasteiger partial charge < -0.3 is 9.72 Å². The highest BCUT2D eigenvalue weighted by Crippen LogP contribution is 2.22. The molecule has 0 atom stereocenters. The molecule has 0 radical (unpaired) electrons. The largest absolute Gasteiger partial charge is 0.489 e. The van der Waals surface area contributed by atoms with E-state index in [1.165, 1.54) is 0 Å². The SMILES string of the molecule is N#C/C(=C\c1cccc(OCc2ccccc2)c1)c1nc2ccccc2[nH]1. The number of allylic oxidation sites excluding steroid dienone is 1. The standard InChI is InChI=1S/C23H17N3O/c24-15-19(23-25-21-11-4-5-12-22(21)26-23)13-18-9-6-10-20(14-18)27-16-17-7-2-1-3-8-17/h1-14H,16H2,(H,25,26)/b19-13+. The number of fused-ring (bicyclic) bond motifs is 1. The monoisotopic (exact) mass is 351 g/mol.